The molecule has 0 aliphatic heterocycles. The molecule has 1 N–H and O–H groups in total. The SMILES string of the molecule is CC(NC(=O)c1ccccc1C(F)(F)F)c1ccc(F)c(F)c1. The molecule has 0 aliphatic carbocycles. The van der Waals surface area contributed by atoms with Crippen LogP contribution in [0.25, 0.3) is 0 Å². The molecular formula is C16H12F5NO. The monoisotopic (exact) mass is 329 g/mol. The van der Waals surface area contributed by atoms with E-state index in [1.807, 2.05) is 0 Å². The van der Waals surface area contributed by atoms with E-state index in [0.29, 0.717) is 0 Å². The third kappa shape index (κ3) is 3.85. The number of amides is 1. The fourth-order valence-electron chi connectivity index (χ4n) is 2.07. The fraction of sp³-hybridized carbons (Fsp3) is 0.188. The minimum atomic E-state index is -4.67. The number of carbonyl (C=O) groups excluding carboxylic acids is 1. The maximum atomic E-state index is 13.2. The normalized spacial score (nSPS) is 12.8. The first kappa shape index (κ1) is 16.9. The molecule has 0 spiro atoms. The van der Waals surface area contributed by atoms with Gasteiger partial charge in [0.25, 0.3) is 5.91 Å². The smallest absolute Gasteiger partial charge is 0.346 e. The van der Waals surface area contributed by atoms with E-state index in [4.69, 9.17) is 0 Å². The summed E-state index contributed by atoms with van der Waals surface area (Å²) in [5.74, 6) is -3.09. The quantitative estimate of drug-likeness (QED) is 0.827. The molecule has 1 amide bonds. The van der Waals surface area contributed by atoms with Gasteiger partial charge >= 0.3 is 6.18 Å². The summed E-state index contributed by atoms with van der Waals surface area (Å²) in [6, 6.07) is 6.57. The summed E-state index contributed by atoms with van der Waals surface area (Å²) in [6.45, 7) is 1.46. The first-order chi connectivity index (χ1) is 10.7. The number of nitrogens with one attached hydrogen (secondary N) is 1. The van der Waals surface area contributed by atoms with E-state index in [-0.39, 0.29) is 5.56 Å². The number of benzene rings is 2. The van der Waals surface area contributed by atoms with E-state index in [0.717, 1.165) is 24.3 Å². The first-order valence-corrected chi connectivity index (χ1v) is 6.62. The van der Waals surface area contributed by atoms with Crippen LogP contribution in [0.3, 0.4) is 0 Å². The lowest BCUT2D eigenvalue weighted by atomic mass is 10.0. The Morgan fingerprint density at radius 2 is 1.70 bits per heavy atom. The van der Waals surface area contributed by atoms with Gasteiger partial charge in [-0.05, 0) is 36.8 Å². The molecule has 1 atom stereocenters. The minimum Gasteiger partial charge on any atom is -0.346 e. The van der Waals surface area contributed by atoms with E-state index in [1.165, 1.54) is 25.1 Å². The Morgan fingerprint density at radius 3 is 2.30 bits per heavy atom. The van der Waals surface area contributed by atoms with Gasteiger partial charge in [-0.25, -0.2) is 8.78 Å². The fourth-order valence-corrected chi connectivity index (χ4v) is 2.07. The van der Waals surface area contributed by atoms with Gasteiger partial charge in [-0.2, -0.15) is 13.2 Å². The Bertz CT molecular complexity index is 727. The van der Waals surface area contributed by atoms with Gasteiger partial charge in [0.2, 0.25) is 0 Å². The predicted octanol–water partition coefficient (Wildman–Crippen LogP) is 4.47. The summed E-state index contributed by atoms with van der Waals surface area (Å²) in [4.78, 5) is 12.1. The van der Waals surface area contributed by atoms with Gasteiger partial charge < -0.3 is 5.32 Å². The van der Waals surface area contributed by atoms with Gasteiger partial charge in [0.05, 0.1) is 17.2 Å². The van der Waals surface area contributed by atoms with Crippen molar-refractivity contribution in [2.24, 2.45) is 0 Å². The number of hydrogen-bond acceptors (Lipinski definition) is 1. The summed E-state index contributed by atoms with van der Waals surface area (Å²) < 4.78 is 64.8. The molecule has 0 saturated heterocycles. The predicted molar refractivity (Wildman–Crippen MR) is 73.7 cm³/mol. The summed E-state index contributed by atoms with van der Waals surface area (Å²) in [6.07, 6.45) is -4.67. The molecule has 2 rings (SSSR count). The molecule has 23 heavy (non-hydrogen) atoms. The molecule has 122 valence electrons. The van der Waals surface area contributed by atoms with Crippen LogP contribution in [0, 0.1) is 11.6 Å². The summed E-state index contributed by atoms with van der Waals surface area (Å²) in [7, 11) is 0. The zero-order valence-corrected chi connectivity index (χ0v) is 11.9. The average Bonchev–Trinajstić information content (AvgIpc) is 2.49. The van der Waals surface area contributed by atoms with Crippen LogP contribution in [0.1, 0.15) is 34.5 Å². The Balaban J connectivity index is 2.24. The van der Waals surface area contributed by atoms with E-state index in [9.17, 15) is 26.7 Å². The van der Waals surface area contributed by atoms with Crippen LogP contribution in [0.2, 0.25) is 0 Å². The van der Waals surface area contributed by atoms with Gasteiger partial charge in [0, 0.05) is 0 Å². The molecule has 2 nitrogen and oxygen atoms in total. The highest BCUT2D eigenvalue weighted by Gasteiger charge is 2.35. The number of halogens is 5. The molecule has 0 fully saturated rings. The first-order valence-electron chi connectivity index (χ1n) is 6.62. The number of carbonyl (C=O) groups is 1. The van der Waals surface area contributed by atoms with Crippen molar-refractivity contribution in [1.82, 2.24) is 5.32 Å². The van der Waals surface area contributed by atoms with Crippen LogP contribution in [-0.4, -0.2) is 5.91 Å². The van der Waals surface area contributed by atoms with Crippen molar-refractivity contribution in [2.45, 2.75) is 19.1 Å². The van der Waals surface area contributed by atoms with E-state index >= 15 is 0 Å². The Hall–Kier alpha value is -2.44. The van der Waals surface area contributed by atoms with E-state index in [1.54, 1.807) is 0 Å². The molecular weight excluding hydrogens is 317 g/mol. The summed E-state index contributed by atoms with van der Waals surface area (Å²) in [5.41, 5.74) is -1.36. The average molecular weight is 329 g/mol. The zero-order chi connectivity index (χ0) is 17.2. The van der Waals surface area contributed by atoms with Crippen LogP contribution >= 0.6 is 0 Å². The summed E-state index contributed by atoms with van der Waals surface area (Å²) >= 11 is 0. The van der Waals surface area contributed by atoms with Crippen LogP contribution in [0.5, 0.6) is 0 Å². The number of rotatable bonds is 3. The maximum absolute atomic E-state index is 13.2. The van der Waals surface area contributed by atoms with Gasteiger partial charge in [-0.3, -0.25) is 4.79 Å². The second-order valence-electron chi connectivity index (χ2n) is 4.91. The number of alkyl halides is 3. The lowest BCUT2D eigenvalue weighted by molar-refractivity contribution is -0.137. The highest BCUT2D eigenvalue weighted by atomic mass is 19.4. The van der Waals surface area contributed by atoms with Crippen LogP contribution in [0.15, 0.2) is 42.5 Å². The van der Waals surface area contributed by atoms with Crippen LogP contribution < -0.4 is 5.32 Å². The minimum absolute atomic E-state index is 0.238. The van der Waals surface area contributed by atoms with Crippen molar-refractivity contribution in [3.63, 3.8) is 0 Å². The molecule has 0 heterocycles. The molecule has 0 radical (unpaired) electrons. The molecule has 2 aromatic rings. The number of hydrogen-bond donors (Lipinski definition) is 1. The zero-order valence-electron chi connectivity index (χ0n) is 11.9. The topological polar surface area (TPSA) is 29.1 Å². The largest absolute Gasteiger partial charge is 0.417 e. The van der Waals surface area contributed by atoms with Crippen molar-refractivity contribution in [1.29, 1.82) is 0 Å². The Kier molecular flexibility index (Phi) is 4.68. The van der Waals surface area contributed by atoms with E-state index < -0.39 is 40.9 Å². The van der Waals surface area contributed by atoms with Crippen LogP contribution in [0.4, 0.5) is 22.0 Å². The molecule has 0 aliphatic rings. The standard InChI is InChI=1S/C16H12F5NO/c1-9(10-6-7-13(17)14(18)8-10)22-15(23)11-4-2-3-5-12(11)16(19,20)21/h2-9H,1H3,(H,22,23). The molecule has 1 unspecified atom stereocenters. The lowest BCUT2D eigenvalue weighted by Crippen LogP contribution is -2.29. The van der Waals surface area contributed by atoms with Crippen molar-refractivity contribution >= 4 is 5.91 Å². The highest BCUT2D eigenvalue weighted by molar-refractivity contribution is 5.96. The van der Waals surface area contributed by atoms with Gasteiger partial charge in [-0.1, -0.05) is 18.2 Å². The highest BCUT2D eigenvalue weighted by Crippen LogP contribution is 2.32. The second-order valence-corrected chi connectivity index (χ2v) is 4.91. The molecule has 0 bridgehead atoms. The maximum Gasteiger partial charge on any atom is 0.417 e. The van der Waals surface area contributed by atoms with Crippen molar-refractivity contribution in [3.8, 4) is 0 Å². The van der Waals surface area contributed by atoms with Crippen molar-refractivity contribution in [2.75, 3.05) is 0 Å². The molecule has 2 aromatic carbocycles. The van der Waals surface area contributed by atoms with Gasteiger partial charge in [-0.15, -0.1) is 0 Å². The Labute approximate surface area is 128 Å². The second kappa shape index (κ2) is 6.36. The molecule has 0 aromatic heterocycles. The van der Waals surface area contributed by atoms with Crippen LogP contribution in [-0.2, 0) is 6.18 Å². The van der Waals surface area contributed by atoms with Gasteiger partial charge in [0.1, 0.15) is 0 Å². The summed E-state index contributed by atoms with van der Waals surface area (Å²) in [5, 5.41) is 2.34. The molecule has 0 saturated carbocycles. The third-order valence-electron chi connectivity index (χ3n) is 3.27. The Morgan fingerprint density at radius 1 is 1.04 bits per heavy atom. The van der Waals surface area contributed by atoms with Crippen molar-refractivity contribution < 1.29 is 26.7 Å². The molecule has 7 heteroatoms. The third-order valence-corrected chi connectivity index (χ3v) is 3.27. The van der Waals surface area contributed by atoms with Gasteiger partial charge in [0.15, 0.2) is 11.6 Å². The van der Waals surface area contributed by atoms with E-state index in [2.05, 4.69) is 5.32 Å². The van der Waals surface area contributed by atoms with Crippen molar-refractivity contribution in [3.05, 3.63) is 70.8 Å². The lowest BCUT2D eigenvalue weighted by Gasteiger charge is -2.17.